The van der Waals surface area contributed by atoms with E-state index in [0.717, 1.165) is 32.1 Å². The molecular weight excluding hydrogens is 358 g/mol. The van der Waals surface area contributed by atoms with Crippen LogP contribution in [0.15, 0.2) is 65.7 Å². The molecule has 1 N–H and O–H groups in total. The summed E-state index contributed by atoms with van der Waals surface area (Å²) in [5, 5.41) is 3.77. The van der Waals surface area contributed by atoms with Crippen LogP contribution in [-0.4, -0.2) is 15.9 Å². The van der Waals surface area contributed by atoms with E-state index in [4.69, 9.17) is 4.42 Å². The highest BCUT2D eigenvalue weighted by molar-refractivity contribution is 7.19. The lowest BCUT2D eigenvalue weighted by Gasteiger charge is -2.06. The number of carbonyl (C=O) groups excluding carboxylic acids is 1. The van der Waals surface area contributed by atoms with E-state index in [2.05, 4.69) is 28.3 Å². The van der Waals surface area contributed by atoms with Crippen LogP contribution in [0.3, 0.4) is 0 Å². The average Bonchev–Trinajstić information content (AvgIpc) is 3.34. The van der Waals surface area contributed by atoms with Gasteiger partial charge >= 0.3 is 0 Å². The number of nitrogens with one attached hydrogen (secondary N) is 1. The molecule has 3 aromatic heterocycles. The van der Waals surface area contributed by atoms with Crippen molar-refractivity contribution in [3.05, 3.63) is 77.9 Å². The van der Waals surface area contributed by atoms with Gasteiger partial charge in [0.05, 0.1) is 11.2 Å². The van der Waals surface area contributed by atoms with E-state index in [9.17, 15) is 4.79 Å². The molecule has 0 spiro atoms. The zero-order valence-electron chi connectivity index (χ0n) is 14.9. The number of thiophene rings is 1. The van der Waals surface area contributed by atoms with E-state index in [-0.39, 0.29) is 5.91 Å². The van der Waals surface area contributed by atoms with Crippen LogP contribution in [0.5, 0.6) is 0 Å². The van der Waals surface area contributed by atoms with Gasteiger partial charge in [-0.1, -0.05) is 6.07 Å². The first-order chi connectivity index (χ1) is 13.1. The number of hydrogen-bond acceptors (Lipinski definition) is 5. The van der Waals surface area contributed by atoms with Gasteiger partial charge in [-0.2, -0.15) is 0 Å². The Morgan fingerprint density at radius 1 is 1.07 bits per heavy atom. The molecule has 5 nitrogen and oxygen atoms in total. The maximum absolute atomic E-state index is 12.5. The molecule has 0 aliphatic heterocycles. The normalized spacial score (nSPS) is 10.7. The zero-order chi connectivity index (χ0) is 18.8. The summed E-state index contributed by atoms with van der Waals surface area (Å²) in [6.07, 6.45) is 6.51. The number of rotatable bonds is 4. The van der Waals surface area contributed by atoms with Crippen molar-refractivity contribution in [1.82, 2.24) is 9.97 Å². The van der Waals surface area contributed by atoms with E-state index in [1.165, 1.54) is 11.3 Å². The second-order valence-corrected chi connectivity index (χ2v) is 7.26. The summed E-state index contributed by atoms with van der Waals surface area (Å²) in [5.74, 6) is 0.461. The Bertz CT molecular complexity index is 1100. The first kappa shape index (κ1) is 17.2. The number of aryl methyl sites for hydroxylation is 2. The minimum absolute atomic E-state index is 0.131. The molecule has 27 heavy (non-hydrogen) atoms. The van der Waals surface area contributed by atoms with Crippen molar-refractivity contribution in [3.8, 4) is 21.9 Å². The minimum Gasteiger partial charge on any atom is -0.445 e. The Morgan fingerprint density at radius 3 is 2.74 bits per heavy atom. The molecule has 1 amide bonds. The van der Waals surface area contributed by atoms with Gasteiger partial charge in [-0.25, -0.2) is 4.98 Å². The predicted octanol–water partition coefficient (Wildman–Crippen LogP) is 5.33. The lowest BCUT2D eigenvalue weighted by atomic mass is 10.0. The van der Waals surface area contributed by atoms with Crippen LogP contribution in [0.4, 0.5) is 5.00 Å². The van der Waals surface area contributed by atoms with Gasteiger partial charge in [0, 0.05) is 28.4 Å². The molecule has 0 atom stereocenters. The van der Waals surface area contributed by atoms with Gasteiger partial charge in [0.1, 0.15) is 6.26 Å². The third kappa shape index (κ3) is 3.52. The maximum Gasteiger partial charge on any atom is 0.256 e. The molecule has 4 aromatic rings. The van der Waals surface area contributed by atoms with Gasteiger partial charge in [0.15, 0.2) is 0 Å². The average molecular weight is 375 g/mol. The monoisotopic (exact) mass is 375 g/mol. The van der Waals surface area contributed by atoms with E-state index < -0.39 is 0 Å². The Hall–Kier alpha value is -3.25. The number of hydrogen-bond donors (Lipinski definition) is 1. The Morgan fingerprint density at radius 2 is 1.96 bits per heavy atom. The van der Waals surface area contributed by atoms with Crippen LogP contribution in [0, 0.1) is 13.8 Å². The Balaban J connectivity index is 1.60. The summed E-state index contributed by atoms with van der Waals surface area (Å²) < 4.78 is 5.40. The smallest absolute Gasteiger partial charge is 0.256 e. The molecule has 0 saturated carbocycles. The standard InChI is InChI=1S/C21H17N3O2S/c1-13-3-4-15(21-23-9-10-26-21)11-17(13)18-5-6-19(27-18)24-20(25)16-7-8-22-12-14(16)2/h3-12H,1-2H3,(H,24,25). The molecular formula is C21H17N3O2S. The van der Waals surface area contributed by atoms with Gasteiger partial charge in [-0.05, 0) is 60.9 Å². The number of amides is 1. The van der Waals surface area contributed by atoms with Gasteiger partial charge in [-0.3, -0.25) is 9.78 Å². The molecule has 134 valence electrons. The van der Waals surface area contributed by atoms with E-state index in [0.29, 0.717) is 11.5 Å². The fourth-order valence-electron chi connectivity index (χ4n) is 2.84. The highest BCUT2D eigenvalue weighted by Crippen LogP contribution is 2.35. The molecule has 0 fully saturated rings. The molecule has 4 rings (SSSR count). The van der Waals surface area contributed by atoms with Crippen molar-refractivity contribution < 1.29 is 9.21 Å². The molecule has 0 radical (unpaired) electrons. The molecule has 0 unspecified atom stereocenters. The van der Waals surface area contributed by atoms with Crippen LogP contribution < -0.4 is 5.32 Å². The van der Waals surface area contributed by atoms with Gasteiger partial charge in [0.25, 0.3) is 5.91 Å². The lowest BCUT2D eigenvalue weighted by Crippen LogP contribution is -2.12. The second-order valence-electron chi connectivity index (χ2n) is 6.18. The molecule has 1 aromatic carbocycles. The van der Waals surface area contributed by atoms with Crippen molar-refractivity contribution in [3.63, 3.8) is 0 Å². The largest absolute Gasteiger partial charge is 0.445 e. The number of nitrogens with zero attached hydrogens (tertiary/aromatic N) is 2. The van der Waals surface area contributed by atoms with Crippen molar-refractivity contribution in [1.29, 1.82) is 0 Å². The molecule has 0 bridgehead atoms. The van der Waals surface area contributed by atoms with Gasteiger partial charge < -0.3 is 9.73 Å². The quantitative estimate of drug-likeness (QED) is 0.523. The van der Waals surface area contributed by atoms with E-state index in [1.807, 2.05) is 31.2 Å². The van der Waals surface area contributed by atoms with E-state index in [1.54, 1.807) is 30.9 Å². The van der Waals surface area contributed by atoms with Crippen LogP contribution in [0.1, 0.15) is 21.5 Å². The number of pyridine rings is 1. The highest BCUT2D eigenvalue weighted by atomic mass is 32.1. The van der Waals surface area contributed by atoms with Crippen molar-refractivity contribution in [2.75, 3.05) is 5.32 Å². The molecule has 3 heterocycles. The number of benzene rings is 1. The number of oxazole rings is 1. The predicted molar refractivity (Wildman–Crippen MR) is 107 cm³/mol. The first-order valence-corrected chi connectivity index (χ1v) is 9.26. The van der Waals surface area contributed by atoms with Crippen LogP contribution in [0.25, 0.3) is 21.9 Å². The first-order valence-electron chi connectivity index (χ1n) is 8.44. The molecule has 0 aliphatic rings. The number of anilines is 1. The summed E-state index contributed by atoms with van der Waals surface area (Å²) in [5.41, 5.74) is 4.64. The highest BCUT2D eigenvalue weighted by Gasteiger charge is 2.13. The zero-order valence-corrected chi connectivity index (χ0v) is 15.7. The number of aromatic nitrogens is 2. The summed E-state index contributed by atoms with van der Waals surface area (Å²) >= 11 is 1.54. The third-order valence-electron chi connectivity index (χ3n) is 4.29. The topological polar surface area (TPSA) is 68.0 Å². The lowest BCUT2D eigenvalue weighted by molar-refractivity contribution is 0.102. The maximum atomic E-state index is 12.5. The van der Waals surface area contributed by atoms with Crippen molar-refractivity contribution in [2.45, 2.75) is 13.8 Å². The summed E-state index contributed by atoms with van der Waals surface area (Å²) in [6, 6.07) is 11.8. The number of carbonyl (C=O) groups is 1. The SMILES string of the molecule is Cc1cnccc1C(=O)Nc1ccc(-c2cc(-c3ncco3)ccc2C)s1. The van der Waals surface area contributed by atoms with Crippen molar-refractivity contribution >= 4 is 22.2 Å². The third-order valence-corrected chi connectivity index (χ3v) is 5.32. The molecule has 6 heteroatoms. The summed E-state index contributed by atoms with van der Waals surface area (Å²) in [6.45, 7) is 3.94. The van der Waals surface area contributed by atoms with Crippen LogP contribution in [-0.2, 0) is 0 Å². The van der Waals surface area contributed by atoms with Crippen LogP contribution in [0.2, 0.25) is 0 Å². The van der Waals surface area contributed by atoms with Gasteiger partial charge in [0.2, 0.25) is 5.89 Å². The minimum atomic E-state index is -0.131. The summed E-state index contributed by atoms with van der Waals surface area (Å²) in [7, 11) is 0. The van der Waals surface area contributed by atoms with Crippen molar-refractivity contribution in [2.24, 2.45) is 0 Å². The second kappa shape index (κ2) is 7.17. The fourth-order valence-corrected chi connectivity index (χ4v) is 3.83. The Labute approximate surface area is 160 Å². The van der Waals surface area contributed by atoms with Crippen LogP contribution >= 0.6 is 11.3 Å². The van der Waals surface area contributed by atoms with E-state index >= 15 is 0 Å². The summed E-state index contributed by atoms with van der Waals surface area (Å²) in [4.78, 5) is 21.8. The molecule has 0 saturated heterocycles. The Kier molecular flexibility index (Phi) is 4.56. The fraction of sp³-hybridized carbons (Fsp3) is 0.0952. The van der Waals surface area contributed by atoms with Gasteiger partial charge in [-0.15, -0.1) is 11.3 Å². The molecule has 0 aliphatic carbocycles.